The molecule has 0 spiro atoms. The number of amides is 2. The van der Waals surface area contributed by atoms with E-state index >= 15 is 0 Å². The highest BCUT2D eigenvalue weighted by atomic mass is 19.1. The predicted octanol–water partition coefficient (Wildman–Crippen LogP) is 3.22. The van der Waals surface area contributed by atoms with E-state index in [9.17, 15) is 14.0 Å². The Bertz CT molecular complexity index is 917. The van der Waals surface area contributed by atoms with Gasteiger partial charge < -0.3 is 15.4 Å². The number of nitrogens with zero attached hydrogens (tertiary/aromatic N) is 3. The lowest BCUT2D eigenvalue weighted by Gasteiger charge is -2.34. The fraction of sp³-hybridized carbons (Fsp3) is 0.450. The third-order valence-corrected chi connectivity index (χ3v) is 4.50. The van der Waals surface area contributed by atoms with Gasteiger partial charge in [0, 0.05) is 12.1 Å². The summed E-state index contributed by atoms with van der Waals surface area (Å²) >= 11 is 0. The van der Waals surface area contributed by atoms with Crippen LogP contribution in [0.1, 0.15) is 48.4 Å². The minimum atomic E-state index is -0.737. The lowest BCUT2D eigenvalue weighted by atomic mass is 10.0. The third kappa shape index (κ3) is 3.85. The zero-order valence-corrected chi connectivity index (χ0v) is 16.5. The van der Waals surface area contributed by atoms with E-state index in [1.807, 2.05) is 31.2 Å². The number of carbonyl (C=O) groups excluding carboxylic acids is 2. The van der Waals surface area contributed by atoms with Gasteiger partial charge in [0.05, 0.1) is 23.8 Å². The van der Waals surface area contributed by atoms with Crippen molar-refractivity contribution in [3.63, 3.8) is 0 Å². The summed E-state index contributed by atoms with van der Waals surface area (Å²) in [4.78, 5) is 26.2. The highest BCUT2D eigenvalue weighted by molar-refractivity contribution is 6.00. The fourth-order valence-electron chi connectivity index (χ4n) is 3.33. The normalized spacial score (nSPS) is 16.6. The molecule has 8 heteroatoms. The first-order valence-electron chi connectivity index (χ1n) is 9.13. The van der Waals surface area contributed by atoms with E-state index in [2.05, 4.69) is 5.10 Å². The van der Waals surface area contributed by atoms with E-state index in [4.69, 9.17) is 10.5 Å². The molecule has 0 radical (unpaired) electrons. The number of rotatable bonds is 3. The molecule has 0 saturated carbocycles. The molecule has 150 valence electrons. The third-order valence-electron chi connectivity index (χ3n) is 4.50. The molecule has 3 rings (SSSR count). The Morgan fingerprint density at radius 2 is 2.07 bits per heavy atom. The maximum absolute atomic E-state index is 13.8. The Morgan fingerprint density at radius 1 is 1.36 bits per heavy atom. The van der Waals surface area contributed by atoms with Crippen molar-refractivity contribution < 1.29 is 18.7 Å². The zero-order valence-electron chi connectivity index (χ0n) is 16.5. The van der Waals surface area contributed by atoms with Gasteiger partial charge in [0.15, 0.2) is 0 Å². The molecule has 0 fully saturated rings. The summed E-state index contributed by atoms with van der Waals surface area (Å²) in [6.45, 7) is 6.65. The van der Waals surface area contributed by atoms with Crippen LogP contribution < -0.4 is 5.73 Å². The van der Waals surface area contributed by atoms with E-state index in [1.165, 1.54) is 9.58 Å². The second-order valence-corrected chi connectivity index (χ2v) is 8.02. The number of ether oxygens (including phenoxy) is 1. The molecular formula is C20H25FN4O3. The van der Waals surface area contributed by atoms with E-state index in [0.29, 0.717) is 11.4 Å². The van der Waals surface area contributed by atoms with Crippen molar-refractivity contribution in [1.29, 1.82) is 0 Å². The summed E-state index contributed by atoms with van der Waals surface area (Å²) in [5.74, 6) is -0.665. The highest BCUT2D eigenvalue weighted by Gasteiger charge is 2.36. The van der Waals surface area contributed by atoms with Crippen molar-refractivity contribution in [3.05, 3.63) is 41.1 Å². The van der Waals surface area contributed by atoms with Crippen LogP contribution in [0.15, 0.2) is 24.3 Å². The van der Waals surface area contributed by atoms with E-state index in [1.54, 1.807) is 20.8 Å². The monoisotopic (exact) mass is 388 g/mol. The van der Waals surface area contributed by atoms with Gasteiger partial charge in [-0.2, -0.15) is 5.10 Å². The van der Waals surface area contributed by atoms with Crippen LogP contribution in [0.2, 0.25) is 0 Å². The van der Waals surface area contributed by atoms with Crippen LogP contribution in [-0.4, -0.2) is 45.5 Å². The van der Waals surface area contributed by atoms with Gasteiger partial charge >= 0.3 is 6.09 Å². The first-order chi connectivity index (χ1) is 13.1. The summed E-state index contributed by atoms with van der Waals surface area (Å²) in [5.41, 5.74) is 7.71. The maximum Gasteiger partial charge on any atom is 0.410 e. The number of nitrogens with two attached hydrogens (primary N) is 1. The number of fused-ring (bicyclic) bond motifs is 1. The number of carbonyl (C=O) groups is 2. The SMILES string of the molecule is Cc1cccc(-c2nn3c(c2C(N)=O)CN(C(=O)OC(C)(C)C)CC3CF)c1. The quantitative estimate of drug-likeness (QED) is 0.874. The molecular weight excluding hydrogens is 363 g/mol. The van der Waals surface area contributed by atoms with Gasteiger partial charge in [0.25, 0.3) is 5.91 Å². The topological polar surface area (TPSA) is 90.5 Å². The number of alkyl halides is 1. The molecule has 1 aliphatic rings. The Balaban J connectivity index is 2.07. The van der Waals surface area contributed by atoms with Crippen LogP contribution in [0, 0.1) is 6.92 Å². The van der Waals surface area contributed by atoms with E-state index in [-0.39, 0.29) is 18.7 Å². The summed E-state index contributed by atoms with van der Waals surface area (Å²) in [7, 11) is 0. The fourth-order valence-corrected chi connectivity index (χ4v) is 3.33. The van der Waals surface area contributed by atoms with Gasteiger partial charge in [-0.25, -0.2) is 9.18 Å². The number of aromatic nitrogens is 2. The van der Waals surface area contributed by atoms with Crippen LogP contribution in [0.5, 0.6) is 0 Å². The van der Waals surface area contributed by atoms with Gasteiger partial charge in [-0.3, -0.25) is 9.48 Å². The summed E-state index contributed by atoms with van der Waals surface area (Å²) in [5, 5.41) is 4.50. The molecule has 1 aromatic carbocycles. The number of aryl methyl sites for hydroxylation is 1. The van der Waals surface area contributed by atoms with Crippen molar-refractivity contribution in [3.8, 4) is 11.3 Å². The number of hydrogen-bond donors (Lipinski definition) is 1. The number of halogens is 1. The van der Waals surface area contributed by atoms with Crippen molar-refractivity contribution in [2.45, 2.75) is 45.9 Å². The van der Waals surface area contributed by atoms with Gasteiger partial charge in [0.2, 0.25) is 0 Å². The molecule has 1 atom stereocenters. The Kier molecular flexibility index (Phi) is 5.14. The second-order valence-electron chi connectivity index (χ2n) is 8.02. The molecule has 2 N–H and O–H groups in total. The standard InChI is InChI=1S/C20H25FN4O3/c1-12-6-5-7-13(8-12)17-16(18(22)26)15-11-24(19(27)28-20(2,3)4)10-14(9-21)25(15)23-17/h5-8,14H,9-11H2,1-4H3,(H2,22,26). The van der Waals surface area contributed by atoms with Crippen LogP contribution in [0.25, 0.3) is 11.3 Å². The molecule has 0 aliphatic carbocycles. The maximum atomic E-state index is 13.8. The minimum Gasteiger partial charge on any atom is -0.444 e. The second kappa shape index (κ2) is 7.26. The van der Waals surface area contributed by atoms with Gasteiger partial charge in [0.1, 0.15) is 18.0 Å². The molecule has 0 saturated heterocycles. The average molecular weight is 388 g/mol. The molecule has 0 bridgehead atoms. The minimum absolute atomic E-state index is 0.0719. The number of primary amides is 1. The van der Waals surface area contributed by atoms with Gasteiger partial charge in [-0.05, 0) is 33.8 Å². The molecule has 2 heterocycles. The van der Waals surface area contributed by atoms with Gasteiger partial charge in [-0.1, -0.05) is 23.8 Å². The average Bonchev–Trinajstić information content (AvgIpc) is 2.99. The molecule has 7 nitrogen and oxygen atoms in total. The van der Waals surface area contributed by atoms with Crippen LogP contribution >= 0.6 is 0 Å². The summed E-state index contributed by atoms with van der Waals surface area (Å²) in [6.07, 6.45) is -0.564. The van der Waals surface area contributed by atoms with Crippen molar-refractivity contribution in [2.24, 2.45) is 5.73 Å². The molecule has 1 aromatic heterocycles. The Hall–Kier alpha value is -2.90. The largest absolute Gasteiger partial charge is 0.444 e. The van der Waals surface area contributed by atoms with Crippen molar-refractivity contribution in [1.82, 2.24) is 14.7 Å². The summed E-state index contributed by atoms with van der Waals surface area (Å²) < 4.78 is 20.7. The van der Waals surface area contributed by atoms with E-state index < -0.39 is 30.3 Å². The lowest BCUT2D eigenvalue weighted by molar-refractivity contribution is 0.0147. The smallest absolute Gasteiger partial charge is 0.410 e. The van der Waals surface area contributed by atoms with Crippen LogP contribution in [0.4, 0.5) is 9.18 Å². The zero-order chi connectivity index (χ0) is 20.6. The van der Waals surface area contributed by atoms with Crippen LogP contribution in [0.3, 0.4) is 0 Å². The molecule has 2 aromatic rings. The molecule has 28 heavy (non-hydrogen) atoms. The highest BCUT2D eigenvalue weighted by Crippen LogP contribution is 2.32. The number of hydrogen-bond acceptors (Lipinski definition) is 4. The van der Waals surface area contributed by atoms with Crippen molar-refractivity contribution >= 4 is 12.0 Å². The van der Waals surface area contributed by atoms with E-state index in [0.717, 1.165) is 11.1 Å². The molecule has 2 amide bonds. The van der Waals surface area contributed by atoms with Gasteiger partial charge in [-0.15, -0.1) is 0 Å². The first-order valence-corrected chi connectivity index (χ1v) is 9.13. The molecule has 1 aliphatic heterocycles. The lowest BCUT2D eigenvalue weighted by Crippen LogP contribution is -2.44. The van der Waals surface area contributed by atoms with Crippen molar-refractivity contribution in [2.75, 3.05) is 13.2 Å². The van der Waals surface area contributed by atoms with Crippen LogP contribution in [-0.2, 0) is 11.3 Å². The first kappa shape index (κ1) is 19.9. The Morgan fingerprint density at radius 3 is 2.64 bits per heavy atom. The summed E-state index contributed by atoms with van der Waals surface area (Å²) in [6, 6.07) is 6.78. The molecule has 1 unspecified atom stereocenters. The Labute approximate surface area is 163 Å². The number of benzene rings is 1. The predicted molar refractivity (Wildman–Crippen MR) is 103 cm³/mol.